The molecule has 0 aromatic heterocycles. The van der Waals surface area contributed by atoms with Gasteiger partial charge in [-0.3, -0.25) is 9.69 Å². The van der Waals surface area contributed by atoms with Crippen LogP contribution >= 0.6 is 0 Å². The standard InChI is InChI=1S/C13H23N3O5/c17-12(18)10-8-21-9-11(10)15-13(19)14-2-1-3-16-4-6-20-7-5-16/h10-11H,1-9H2,(H,17,18)(H2,14,15,19). The van der Waals surface area contributed by atoms with Gasteiger partial charge in [0.25, 0.3) is 0 Å². The van der Waals surface area contributed by atoms with E-state index in [9.17, 15) is 9.59 Å². The fourth-order valence-corrected chi connectivity index (χ4v) is 2.49. The molecule has 2 atom stereocenters. The van der Waals surface area contributed by atoms with E-state index in [1.807, 2.05) is 0 Å². The monoisotopic (exact) mass is 301 g/mol. The van der Waals surface area contributed by atoms with Crippen molar-refractivity contribution in [2.24, 2.45) is 5.92 Å². The zero-order chi connectivity index (χ0) is 15.1. The third kappa shape index (κ3) is 5.14. The van der Waals surface area contributed by atoms with Crippen LogP contribution in [0.3, 0.4) is 0 Å². The van der Waals surface area contributed by atoms with Crippen LogP contribution in [0.25, 0.3) is 0 Å². The second kappa shape index (κ2) is 8.16. The minimum absolute atomic E-state index is 0.150. The van der Waals surface area contributed by atoms with E-state index in [4.69, 9.17) is 14.6 Å². The van der Waals surface area contributed by atoms with Crippen LogP contribution in [0.2, 0.25) is 0 Å². The van der Waals surface area contributed by atoms with Crippen LogP contribution in [-0.2, 0) is 14.3 Å². The predicted molar refractivity (Wildman–Crippen MR) is 74.1 cm³/mol. The number of urea groups is 1. The summed E-state index contributed by atoms with van der Waals surface area (Å²) >= 11 is 0. The molecule has 2 amide bonds. The van der Waals surface area contributed by atoms with Gasteiger partial charge in [-0.15, -0.1) is 0 Å². The molecule has 0 radical (unpaired) electrons. The van der Waals surface area contributed by atoms with Crippen molar-refractivity contribution in [1.29, 1.82) is 0 Å². The number of ether oxygens (including phenoxy) is 2. The highest BCUT2D eigenvalue weighted by Crippen LogP contribution is 2.13. The molecule has 8 nitrogen and oxygen atoms in total. The molecule has 3 N–H and O–H groups in total. The van der Waals surface area contributed by atoms with Gasteiger partial charge < -0.3 is 25.2 Å². The topological polar surface area (TPSA) is 100 Å². The minimum Gasteiger partial charge on any atom is -0.481 e. The lowest BCUT2D eigenvalue weighted by atomic mass is 10.0. The van der Waals surface area contributed by atoms with Crippen LogP contribution in [0.15, 0.2) is 0 Å². The summed E-state index contributed by atoms with van der Waals surface area (Å²) in [7, 11) is 0. The number of nitrogens with one attached hydrogen (secondary N) is 2. The smallest absolute Gasteiger partial charge is 0.315 e. The molecular weight excluding hydrogens is 278 g/mol. The molecule has 21 heavy (non-hydrogen) atoms. The molecule has 2 aliphatic heterocycles. The molecule has 2 heterocycles. The Morgan fingerprint density at radius 2 is 1.95 bits per heavy atom. The van der Waals surface area contributed by atoms with Crippen molar-refractivity contribution in [3.05, 3.63) is 0 Å². The SMILES string of the molecule is O=C(NCCCN1CCOCC1)NC1COCC1C(=O)O. The lowest BCUT2D eigenvalue weighted by molar-refractivity contribution is -0.142. The molecule has 0 aromatic carbocycles. The summed E-state index contributed by atoms with van der Waals surface area (Å²) in [6.07, 6.45) is 0.858. The molecule has 2 rings (SSSR count). The van der Waals surface area contributed by atoms with Crippen LogP contribution in [0.4, 0.5) is 4.79 Å². The van der Waals surface area contributed by atoms with Gasteiger partial charge in [0.2, 0.25) is 0 Å². The van der Waals surface area contributed by atoms with Gasteiger partial charge >= 0.3 is 12.0 Å². The van der Waals surface area contributed by atoms with Crippen molar-refractivity contribution in [3.63, 3.8) is 0 Å². The molecule has 0 aliphatic carbocycles. The maximum Gasteiger partial charge on any atom is 0.315 e. The molecule has 8 heteroatoms. The van der Waals surface area contributed by atoms with Gasteiger partial charge in [-0.05, 0) is 13.0 Å². The van der Waals surface area contributed by atoms with Crippen molar-refractivity contribution in [2.45, 2.75) is 12.5 Å². The highest BCUT2D eigenvalue weighted by molar-refractivity contribution is 5.77. The summed E-state index contributed by atoms with van der Waals surface area (Å²) in [5, 5.41) is 14.4. The minimum atomic E-state index is -0.940. The summed E-state index contributed by atoms with van der Waals surface area (Å²) in [5.41, 5.74) is 0. The number of hydrogen-bond donors (Lipinski definition) is 3. The van der Waals surface area contributed by atoms with Gasteiger partial charge in [-0.25, -0.2) is 4.79 Å². The number of morpholine rings is 1. The first-order valence-electron chi connectivity index (χ1n) is 7.32. The Labute approximate surface area is 123 Å². The molecule has 2 aliphatic rings. The van der Waals surface area contributed by atoms with E-state index in [0.717, 1.165) is 39.3 Å². The van der Waals surface area contributed by atoms with Crippen LogP contribution < -0.4 is 10.6 Å². The second-order valence-electron chi connectivity index (χ2n) is 5.30. The molecule has 2 fully saturated rings. The molecule has 2 unspecified atom stereocenters. The maximum absolute atomic E-state index is 11.7. The molecule has 0 bridgehead atoms. The van der Waals surface area contributed by atoms with Crippen LogP contribution in [0, 0.1) is 5.92 Å². The van der Waals surface area contributed by atoms with Crippen LogP contribution in [0.1, 0.15) is 6.42 Å². The van der Waals surface area contributed by atoms with E-state index < -0.39 is 17.9 Å². The number of nitrogens with zero attached hydrogens (tertiary/aromatic N) is 1. The van der Waals surface area contributed by atoms with Gasteiger partial charge in [0.05, 0.1) is 32.5 Å². The molecule has 120 valence electrons. The summed E-state index contributed by atoms with van der Waals surface area (Å²) < 4.78 is 10.4. The van der Waals surface area contributed by atoms with Gasteiger partial charge in [0, 0.05) is 19.6 Å². The highest BCUT2D eigenvalue weighted by atomic mass is 16.5. The fraction of sp³-hybridized carbons (Fsp3) is 0.846. The Kier molecular flexibility index (Phi) is 6.21. The normalized spacial score (nSPS) is 26.5. The van der Waals surface area contributed by atoms with E-state index >= 15 is 0 Å². The van der Waals surface area contributed by atoms with Crippen LogP contribution in [-0.4, -0.2) is 80.7 Å². The van der Waals surface area contributed by atoms with Gasteiger partial charge in [-0.1, -0.05) is 0 Å². The number of hydrogen-bond acceptors (Lipinski definition) is 5. The van der Waals surface area contributed by atoms with E-state index in [2.05, 4.69) is 15.5 Å². The number of amides is 2. The zero-order valence-corrected chi connectivity index (χ0v) is 12.0. The van der Waals surface area contributed by atoms with E-state index in [1.165, 1.54) is 0 Å². The Morgan fingerprint density at radius 3 is 2.67 bits per heavy atom. The second-order valence-corrected chi connectivity index (χ2v) is 5.30. The van der Waals surface area contributed by atoms with E-state index in [0.29, 0.717) is 6.54 Å². The number of carboxylic acids is 1. The third-order valence-corrected chi connectivity index (χ3v) is 3.75. The predicted octanol–water partition coefficient (Wildman–Crippen LogP) is -0.892. The maximum atomic E-state index is 11.7. The summed E-state index contributed by atoms with van der Waals surface area (Å²) in [5.74, 6) is -1.60. The molecule has 2 saturated heterocycles. The van der Waals surface area contributed by atoms with E-state index in [-0.39, 0.29) is 19.2 Å². The molecule has 0 spiro atoms. The van der Waals surface area contributed by atoms with Crippen molar-refractivity contribution >= 4 is 12.0 Å². The van der Waals surface area contributed by atoms with E-state index in [1.54, 1.807) is 0 Å². The number of aliphatic carboxylic acids is 1. The first-order valence-corrected chi connectivity index (χ1v) is 7.32. The third-order valence-electron chi connectivity index (χ3n) is 3.75. The Hall–Kier alpha value is -1.38. The molecule has 0 aromatic rings. The summed E-state index contributed by atoms with van der Waals surface area (Å²) in [6.45, 7) is 5.30. The average molecular weight is 301 g/mol. The largest absolute Gasteiger partial charge is 0.481 e. The quantitative estimate of drug-likeness (QED) is 0.550. The van der Waals surface area contributed by atoms with Gasteiger partial charge in [0.1, 0.15) is 5.92 Å². The Balaban J connectivity index is 1.58. The van der Waals surface area contributed by atoms with Crippen molar-refractivity contribution in [2.75, 3.05) is 52.6 Å². The first kappa shape index (κ1) is 16.0. The number of carbonyl (C=O) groups is 2. The highest BCUT2D eigenvalue weighted by Gasteiger charge is 2.34. The average Bonchev–Trinajstić information content (AvgIpc) is 2.93. The van der Waals surface area contributed by atoms with Crippen molar-refractivity contribution in [1.82, 2.24) is 15.5 Å². The zero-order valence-electron chi connectivity index (χ0n) is 12.0. The Morgan fingerprint density at radius 1 is 1.19 bits per heavy atom. The number of carbonyl (C=O) groups excluding carboxylic acids is 1. The summed E-state index contributed by atoms with van der Waals surface area (Å²) in [6, 6.07) is -0.791. The van der Waals surface area contributed by atoms with Crippen LogP contribution in [0.5, 0.6) is 0 Å². The van der Waals surface area contributed by atoms with Crippen molar-refractivity contribution in [3.8, 4) is 0 Å². The first-order chi connectivity index (χ1) is 10.2. The van der Waals surface area contributed by atoms with Crippen molar-refractivity contribution < 1.29 is 24.2 Å². The lowest BCUT2D eigenvalue weighted by Crippen LogP contribution is -2.47. The number of carboxylic acid groups (broad SMARTS) is 1. The fourth-order valence-electron chi connectivity index (χ4n) is 2.49. The molecule has 0 saturated carbocycles. The lowest BCUT2D eigenvalue weighted by Gasteiger charge is -2.26. The number of rotatable bonds is 6. The molecular formula is C13H23N3O5. The summed E-state index contributed by atoms with van der Waals surface area (Å²) in [4.78, 5) is 25.0. The Bertz CT molecular complexity index is 360. The van der Waals surface area contributed by atoms with Gasteiger partial charge in [0.15, 0.2) is 0 Å². The van der Waals surface area contributed by atoms with Gasteiger partial charge in [-0.2, -0.15) is 0 Å².